The molecule has 6 nitrogen and oxygen atoms in total. The van der Waals surface area contributed by atoms with Gasteiger partial charge in [0.05, 0.1) is 17.3 Å². The minimum absolute atomic E-state index is 0.0200. The highest BCUT2D eigenvalue weighted by Gasteiger charge is 2.49. The summed E-state index contributed by atoms with van der Waals surface area (Å²) in [6.07, 6.45) is -4.07. The molecular weight excluding hydrogens is 503 g/mol. The van der Waals surface area contributed by atoms with Crippen molar-refractivity contribution in [1.82, 2.24) is 5.32 Å². The van der Waals surface area contributed by atoms with Gasteiger partial charge in [-0.1, -0.05) is 23.2 Å². The number of amides is 2. The monoisotopic (exact) mass is 512 g/mol. The van der Waals surface area contributed by atoms with Crippen LogP contribution < -0.4 is 20.1 Å². The van der Waals surface area contributed by atoms with E-state index in [1.165, 1.54) is 12.1 Å². The second kappa shape index (κ2) is 7.78. The van der Waals surface area contributed by atoms with E-state index in [-0.39, 0.29) is 38.0 Å². The molecule has 2 aliphatic rings. The molecule has 3 aromatic carbocycles. The van der Waals surface area contributed by atoms with Crippen LogP contribution in [0.2, 0.25) is 10.0 Å². The SMILES string of the molecule is O=C(Nc1cc2c(c3c1C(c1cc(F)ccc1Cl)NC3=O)OC(F)(F)O2)c1cc(F)cc(Cl)c1. The van der Waals surface area contributed by atoms with E-state index in [0.29, 0.717) is 0 Å². The van der Waals surface area contributed by atoms with Crippen molar-refractivity contribution in [2.24, 2.45) is 0 Å². The van der Waals surface area contributed by atoms with Gasteiger partial charge in [-0.05, 0) is 36.4 Å². The van der Waals surface area contributed by atoms with Crippen molar-refractivity contribution in [3.63, 3.8) is 0 Å². The third kappa shape index (κ3) is 3.78. The predicted molar refractivity (Wildman–Crippen MR) is 113 cm³/mol. The van der Waals surface area contributed by atoms with E-state index in [1.807, 2.05) is 0 Å². The Kier molecular flexibility index (Phi) is 5.10. The molecule has 5 rings (SSSR count). The minimum atomic E-state index is -4.07. The fourth-order valence-electron chi connectivity index (χ4n) is 3.85. The Labute approximate surface area is 198 Å². The first kappa shape index (κ1) is 22.3. The minimum Gasteiger partial charge on any atom is -0.395 e. The van der Waals surface area contributed by atoms with Gasteiger partial charge in [0.1, 0.15) is 11.6 Å². The lowest BCUT2D eigenvalue weighted by Gasteiger charge is -2.18. The van der Waals surface area contributed by atoms with Crippen molar-refractivity contribution >= 4 is 40.7 Å². The van der Waals surface area contributed by atoms with Gasteiger partial charge < -0.3 is 20.1 Å². The average Bonchev–Trinajstić information content (AvgIpc) is 3.24. The van der Waals surface area contributed by atoms with Gasteiger partial charge >= 0.3 is 6.29 Å². The van der Waals surface area contributed by atoms with Crippen LogP contribution in [-0.2, 0) is 0 Å². The van der Waals surface area contributed by atoms with Gasteiger partial charge in [0.15, 0.2) is 11.5 Å². The number of nitrogens with one attached hydrogen (secondary N) is 2. The number of carbonyl (C=O) groups is 2. The van der Waals surface area contributed by atoms with E-state index in [2.05, 4.69) is 20.1 Å². The number of halogens is 6. The van der Waals surface area contributed by atoms with Gasteiger partial charge in [0.2, 0.25) is 0 Å². The molecule has 2 aliphatic heterocycles. The van der Waals surface area contributed by atoms with Crippen LogP contribution in [0.25, 0.3) is 0 Å². The van der Waals surface area contributed by atoms with Gasteiger partial charge in [-0.25, -0.2) is 8.78 Å². The molecule has 174 valence electrons. The van der Waals surface area contributed by atoms with Crippen LogP contribution in [0.1, 0.15) is 37.9 Å². The molecule has 3 aromatic rings. The number of rotatable bonds is 3. The molecule has 34 heavy (non-hydrogen) atoms. The molecule has 0 bridgehead atoms. The lowest BCUT2D eigenvalue weighted by Crippen LogP contribution is -2.26. The Bertz CT molecular complexity index is 1380. The Morgan fingerprint density at radius 3 is 2.53 bits per heavy atom. The summed E-state index contributed by atoms with van der Waals surface area (Å²) in [5.74, 6) is -4.24. The van der Waals surface area contributed by atoms with Crippen LogP contribution in [0.4, 0.5) is 23.2 Å². The van der Waals surface area contributed by atoms with Crippen molar-refractivity contribution in [1.29, 1.82) is 0 Å². The van der Waals surface area contributed by atoms with E-state index in [9.17, 15) is 27.2 Å². The number of hydrogen-bond acceptors (Lipinski definition) is 4. The smallest absolute Gasteiger partial charge is 0.395 e. The number of benzene rings is 3. The largest absolute Gasteiger partial charge is 0.586 e. The van der Waals surface area contributed by atoms with Crippen molar-refractivity contribution in [3.8, 4) is 11.5 Å². The number of ether oxygens (including phenoxy) is 2. The summed E-state index contributed by atoms with van der Waals surface area (Å²) in [5.41, 5.74) is -0.604. The summed E-state index contributed by atoms with van der Waals surface area (Å²) in [4.78, 5) is 25.6. The first-order valence-electron chi connectivity index (χ1n) is 9.52. The van der Waals surface area contributed by atoms with E-state index in [1.54, 1.807) is 0 Å². The number of fused-ring (bicyclic) bond motifs is 3. The zero-order chi connectivity index (χ0) is 24.4. The average molecular weight is 513 g/mol. The number of hydrogen-bond donors (Lipinski definition) is 2. The first-order valence-corrected chi connectivity index (χ1v) is 10.3. The molecule has 2 heterocycles. The van der Waals surface area contributed by atoms with E-state index in [0.717, 1.165) is 30.3 Å². The van der Waals surface area contributed by atoms with Crippen LogP contribution >= 0.6 is 23.2 Å². The first-order chi connectivity index (χ1) is 16.0. The van der Waals surface area contributed by atoms with Crippen LogP contribution in [0.15, 0.2) is 42.5 Å². The van der Waals surface area contributed by atoms with Crippen LogP contribution in [0.5, 0.6) is 11.5 Å². The van der Waals surface area contributed by atoms with Gasteiger partial charge in [-0.3, -0.25) is 9.59 Å². The molecule has 0 aromatic heterocycles. The molecule has 1 atom stereocenters. The highest BCUT2D eigenvalue weighted by atomic mass is 35.5. The molecule has 0 radical (unpaired) electrons. The second-order valence-corrected chi connectivity index (χ2v) is 8.24. The number of anilines is 1. The maximum atomic E-state index is 14.0. The predicted octanol–water partition coefficient (Wildman–Crippen LogP) is 5.68. The standard InChI is InChI=1S/C22H10Cl2F4N2O4/c23-9-3-8(4-11(26)5-9)20(31)29-14-7-15-19(34-22(27,28)33-15)17-16(14)18(30-21(17)32)12-6-10(25)1-2-13(12)24/h1-7,18H,(H,29,31)(H,30,32). The molecular formula is C22H10Cl2F4N2O4. The summed E-state index contributed by atoms with van der Waals surface area (Å²) < 4.78 is 64.3. The number of carbonyl (C=O) groups excluding carboxylic acids is 2. The summed E-state index contributed by atoms with van der Waals surface area (Å²) >= 11 is 12.0. The molecule has 0 spiro atoms. The molecule has 1 unspecified atom stereocenters. The van der Waals surface area contributed by atoms with Crippen LogP contribution in [-0.4, -0.2) is 18.1 Å². The molecule has 0 aliphatic carbocycles. The maximum absolute atomic E-state index is 14.0. The second-order valence-electron chi connectivity index (χ2n) is 7.39. The fourth-order valence-corrected chi connectivity index (χ4v) is 4.30. The van der Waals surface area contributed by atoms with Crippen molar-refractivity contribution < 1.29 is 36.6 Å². The quantitative estimate of drug-likeness (QED) is 0.442. The number of alkyl halides is 2. The maximum Gasteiger partial charge on any atom is 0.586 e. The van der Waals surface area contributed by atoms with Gasteiger partial charge in [-0.2, -0.15) is 0 Å². The highest BCUT2D eigenvalue weighted by molar-refractivity contribution is 6.31. The third-order valence-corrected chi connectivity index (χ3v) is 5.73. The van der Waals surface area contributed by atoms with Crippen molar-refractivity contribution in [3.05, 3.63) is 86.4 Å². The Balaban J connectivity index is 1.67. The van der Waals surface area contributed by atoms with Crippen molar-refractivity contribution in [2.75, 3.05) is 5.32 Å². The molecule has 0 fully saturated rings. The van der Waals surface area contributed by atoms with E-state index in [4.69, 9.17) is 23.2 Å². The molecule has 12 heteroatoms. The lowest BCUT2D eigenvalue weighted by molar-refractivity contribution is -0.286. The fraction of sp³-hybridized carbons (Fsp3) is 0.0909. The summed E-state index contributed by atoms with van der Waals surface area (Å²) in [7, 11) is 0. The summed E-state index contributed by atoms with van der Waals surface area (Å²) in [6.45, 7) is 0. The van der Waals surface area contributed by atoms with E-state index >= 15 is 0 Å². The molecule has 2 amide bonds. The Morgan fingerprint density at radius 2 is 1.79 bits per heavy atom. The zero-order valence-corrected chi connectivity index (χ0v) is 18.0. The summed E-state index contributed by atoms with van der Waals surface area (Å²) in [6, 6.07) is 6.38. The van der Waals surface area contributed by atoms with Gasteiger partial charge in [0, 0.05) is 32.8 Å². The van der Waals surface area contributed by atoms with E-state index < -0.39 is 47.3 Å². The molecule has 2 N–H and O–H groups in total. The lowest BCUT2D eigenvalue weighted by atomic mass is 9.95. The Hall–Kier alpha value is -3.50. The van der Waals surface area contributed by atoms with Gasteiger partial charge in [0.25, 0.3) is 11.8 Å². The molecule has 0 saturated heterocycles. The van der Waals surface area contributed by atoms with Crippen LogP contribution in [0.3, 0.4) is 0 Å². The topological polar surface area (TPSA) is 76.7 Å². The highest BCUT2D eigenvalue weighted by Crippen LogP contribution is 2.52. The van der Waals surface area contributed by atoms with Crippen LogP contribution in [0, 0.1) is 11.6 Å². The normalized spacial score (nSPS) is 17.4. The third-order valence-electron chi connectivity index (χ3n) is 5.17. The van der Waals surface area contributed by atoms with Gasteiger partial charge in [-0.15, -0.1) is 8.78 Å². The van der Waals surface area contributed by atoms with Crippen molar-refractivity contribution in [2.45, 2.75) is 12.3 Å². The summed E-state index contributed by atoms with van der Waals surface area (Å²) in [5, 5.41) is 4.99. The zero-order valence-electron chi connectivity index (χ0n) is 16.5. The molecule has 0 saturated carbocycles. The Morgan fingerprint density at radius 1 is 1.03 bits per heavy atom.